The summed E-state index contributed by atoms with van der Waals surface area (Å²) < 4.78 is 5.38. The fourth-order valence-electron chi connectivity index (χ4n) is 2.12. The van der Waals surface area contributed by atoms with Crippen molar-refractivity contribution in [2.24, 2.45) is 0 Å². The summed E-state index contributed by atoms with van der Waals surface area (Å²) in [4.78, 5) is 12.7. The number of hydrogen-bond acceptors (Lipinski definition) is 5. The maximum absolute atomic E-state index is 10.9. The minimum absolute atomic E-state index is 0.107. The predicted molar refractivity (Wildman–Crippen MR) is 70.3 cm³/mol. The van der Waals surface area contributed by atoms with Gasteiger partial charge in [0.2, 0.25) is 0 Å². The Balaban J connectivity index is 2.36. The molecule has 0 amide bonds. The van der Waals surface area contributed by atoms with E-state index in [1.165, 1.54) is 6.07 Å². The number of nitrogens with one attached hydrogen (secondary N) is 1. The van der Waals surface area contributed by atoms with Crippen LogP contribution in [0.4, 0.5) is 17.1 Å². The number of hydrogen-bond donors (Lipinski definition) is 1. The molecule has 1 saturated heterocycles. The molecule has 1 heterocycles. The van der Waals surface area contributed by atoms with Crippen LogP contribution in [0.15, 0.2) is 18.2 Å². The van der Waals surface area contributed by atoms with Crippen molar-refractivity contribution < 1.29 is 9.66 Å². The molecule has 1 atom stereocenters. The van der Waals surface area contributed by atoms with Gasteiger partial charge in [-0.05, 0) is 13.0 Å². The minimum Gasteiger partial charge on any atom is -0.388 e. The third-order valence-electron chi connectivity index (χ3n) is 3.10. The highest BCUT2D eigenvalue weighted by Gasteiger charge is 2.21. The number of rotatable bonds is 3. The monoisotopic (exact) mass is 251 g/mol. The molecule has 1 unspecified atom stereocenters. The SMILES string of the molecule is CNc1cc(N2CCOCC2C)cc([N+](=O)[O-])c1. The first-order chi connectivity index (χ1) is 8.61. The molecule has 6 nitrogen and oxygen atoms in total. The molecular weight excluding hydrogens is 234 g/mol. The summed E-state index contributed by atoms with van der Waals surface area (Å²) >= 11 is 0. The molecule has 0 spiro atoms. The van der Waals surface area contributed by atoms with Crippen LogP contribution in [0.25, 0.3) is 0 Å². The predicted octanol–water partition coefficient (Wildman–Crippen LogP) is 1.86. The molecule has 1 aromatic carbocycles. The average molecular weight is 251 g/mol. The van der Waals surface area contributed by atoms with E-state index < -0.39 is 0 Å². The molecular formula is C12H17N3O3. The number of morpholine rings is 1. The Morgan fingerprint density at radius 1 is 1.50 bits per heavy atom. The number of non-ortho nitro benzene ring substituents is 1. The van der Waals surface area contributed by atoms with Crippen molar-refractivity contribution in [3.63, 3.8) is 0 Å². The fraction of sp³-hybridized carbons (Fsp3) is 0.500. The van der Waals surface area contributed by atoms with Gasteiger partial charge in [-0.1, -0.05) is 0 Å². The van der Waals surface area contributed by atoms with Crippen LogP contribution in [-0.2, 0) is 4.74 Å². The zero-order valence-corrected chi connectivity index (χ0v) is 10.5. The highest BCUT2D eigenvalue weighted by molar-refractivity contribution is 5.64. The van der Waals surface area contributed by atoms with Gasteiger partial charge < -0.3 is 15.0 Å². The van der Waals surface area contributed by atoms with Crippen molar-refractivity contribution in [2.45, 2.75) is 13.0 Å². The van der Waals surface area contributed by atoms with E-state index in [0.29, 0.717) is 13.2 Å². The van der Waals surface area contributed by atoms with Gasteiger partial charge in [-0.15, -0.1) is 0 Å². The van der Waals surface area contributed by atoms with Gasteiger partial charge in [0.1, 0.15) is 0 Å². The Morgan fingerprint density at radius 2 is 2.28 bits per heavy atom. The normalized spacial score (nSPS) is 19.7. The van der Waals surface area contributed by atoms with Crippen molar-refractivity contribution in [1.29, 1.82) is 0 Å². The molecule has 1 fully saturated rings. The summed E-state index contributed by atoms with van der Waals surface area (Å²) in [5.41, 5.74) is 1.72. The zero-order chi connectivity index (χ0) is 13.1. The molecule has 0 bridgehead atoms. The van der Waals surface area contributed by atoms with Gasteiger partial charge in [0.25, 0.3) is 5.69 Å². The topological polar surface area (TPSA) is 67.6 Å². The first-order valence-corrected chi connectivity index (χ1v) is 5.93. The standard InChI is InChI=1S/C12H17N3O3/c1-9-8-18-4-3-14(9)11-5-10(13-2)6-12(7-11)15(16)17/h5-7,9,13H,3-4,8H2,1-2H3. The Hall–Kier alpha value is -1.82. The molecule has 18 heavy (non-hydrogen) atoms. The Kier molecular flexibility index (Phi) is 3.66. The Bertz CT molecular complexity index is 450. The van der Waals surface area contributed by atoms with Crippen LogP contribution in [0.3, 0.4) is 0 Å². The molecule has 1 aliphatic rings. The summed E-state index contributed by atoms with van der Waals surface area (Å²) in [6, 6.07) is 5.30. The van der Waals surface area contributed by atoms with E-state index in [0.717, 1.165) is 17.9 Å². The molecule has 0 saturated carbocycles. The third-order valence-corrected chi connectivity index (χ3v) is 3.10. The molecule has 2 rings (SSSR count). The van der Waals surface area contributed by atoms with Crippen LogP contribution in [0.1, 0.15) is 6.92 Å². The molecule has 6 heteroatoms. The van der Waals surface area contributed by atoms with Crippen LogP contribution < -0.4 is 10.2 Å². The number of nitro benzene ring substituents is 1. The second-order valence-electron chi connectivity index (χ2n) is 4.36. The molecule has 0 aliphatic carbocycles. The highest BCUT2D eigenvalue weighted by Crippen LogP contribution is 2.28. The van der Waals surface area contributed by atoms with E-state index in [-0.39, 0.29) is 16.7 Å². The second-order valence-corrected chi connectivity index (χ2v) is 4.36. The van der Waals surface area contributed by atoms with Crippen LogP contribution in [-0.4, -0.2) is 37.8 Å². The van der Waals surface area contributed by atoms with Gasteiger partial charge in [0, 0.05) is 43.1 Å². The van der Waals surface area contributed by atoms with Gasteiger partial charge in [0.15, 0.2) is 0 Å². The summed E-state index contributed by atoms with van der Waals surface area (Å²) in [6.45, 7) is 4.11. The van der Waals surface area contributed by atoms with E-state index in [4.69, 9.17) is 4.74 Å². The van der Waals surface area contributed by atoms with Crippen LogP contribution in [0.2, 0.25) is 0 Å². The van der Waals surface area contributed by atoms with Crippen molar-refractivity contribution >= 4 is 17.1 Å². The lowest BCUT2D eigenvalue weighted by atomic mass is 10.1. The number of ether oxygens (including phenoxy) is 1. The van der Waals surface area contributed by atoms with Gasteiger partial charge in [-0.2, -0.15) is 0 Å². The van der Waals surface area contributed by atoms with Gasteiger partial charge in [0.05, 0.1) is 18.1 Å². The van der Waals surface area contributed by atoms with Gasteiger partial charge >= 0.3 is 0 Å². The number of nitrogens with zero attached hydrogens (tertiary/aromatic N) is 2. The molecule has 1 aliphatic heterocycles. The van der Waals surface area contributed by atoms with Crippen LogP contribution >= 0.6 is 0 Å². The number of nitro groups is 1. The lowest BCUT2D eigenvalue weighted by molar-refractivity contribution is -0.384. The Labute approximate surface area is 106 Å². The van der Waals surface area contributed by atoms with Crippen molar-refractivity contribution in [3.05, 3.63) is 28.3 Å². The largest absolute Gasteiger partial charge is 0.388 e. The molecule has 0 aromatic heterocycles. The molecule has 1 aromatic rings. The highest BCUT2D eigenvalue weighted by atomic mass is 16.6. The minimum atomic E-state index is -0.366. The summed E-state index contributed by atoms with van der Waals surface area (Å²) in [7, 11) is 1.76. The lowest BCUT2D eigenvalue weighted by Crippen LogP contribution is -2.43. The smallest absolute Gasteiger partial charge is 0.273 e. The van der Waals surface area contributed by atoms with Gasteiger partial charge in [-0.3, -0.25) is 10.1 Å². The first kappa shape index (κ1) is 12.6. The van der Waals surface area contributed by atoms with E-state index in [1.807, 2.05) is 6.07 Å². The molecule has 0 radical (unpaired) electrons. The summed E-state index contributed by atoms with van der Waals surface area (Å²) in [6.07, 6.45) is 0. The van der Waals surface area contributed by atoms with E-state index >= 15 is 0 Å². The summed E-state index contributed by atoms with van der Waals surface area (Å²) in [5.74, 6) is 0. The molecule has 1 N–H and O–H groups in total. The van der Waals surface area contributed by atoms with Gasteiger partial charge in [-0.25, -0.2) is 0 Å². The number of benzene rings is 1. The van der Waals surface area contributed by atoms with E-state index in [1.54, 1.807) is 13.1 Å². The van der Waals surface area contributed by atoms with E-state index in [2.05, 4.69) is 17.1 Å². The number of anilines is 2. The van der Waals surface area contributed by atoms with Crippen molar-refractivity contribution in [3.8, 4) is 0 Å². The fourth-order valence-corrected chi connectivity index (χ4v) is 2.12. The third kappa shape index (κ3) is 2.53. The first-order valence-electron chi connectivity index (χ1n) is 5.93. The maximum Gasteiger partial charge on any atom is 0.273 e. The van der Waals surface area contributed by atoms with Crippen molar-refractivity contribution in [1.82, 2.24) is 0 Å². The summed E-state index contributed by atoms with van der Waals surface area (Å²) in [5, 5.41) is 13.9. The molecule has 98 valence electrons. The van der Waals surface area contributed by atoms with Crippen LogP contribution in [0, 0.1) is 10.1 Å². The van der Waals surface area contributed by atoms with E-state index in [9.17, 15) is 10.1 Å². The zero-order valence-electron chi connectivity index (χ0n) is 10.5. The lowest BCUT2D eigenvalue weighted by Gasteiger charge is -2.35. The van der Waals surface area contributed by atoms with Crippen molar-refractivity contribution in [2.75, 3.05) is 37.0 Å². The second kappa shape index (κ2) is 5.22. The Morgan fingerprint density at radius 3 is 2.89 bits per heavy atom. The quantitative estimate of drug-likeness (QED) is 0.656. The average Bonchev–Trinajstić information content (AvgIpc) is 2.38. The maximum atomic E-state index is 10.9. The van der Waals surface area contributed by atoms with Crippen LogP contribution in [0.5, 0.6) is 0 Å².